The van der Waals surface area contributed by atoms with Gasteiger partial charge in [0.1, 0.15) is 18.2 Å². The van der Waals surface area contributed by atoms with Gasteiger partial charge in [0.25, 0.3) is 5.69 Å². The van der Waals surface area contributed by atoms with E-state index in [1.807, 2.05) is 0 Å². The quantitative estimate of drug-likeness (QED) is 0.673. The van der Waals surface area contributed by atoms with E-state index in [2.05, 4.69) is 0 Å². The zero-order valence-corrected chi connectivity index (χ0v) is 10.5. The Hall–Kier alpha value is -2.47. The van der Waals surface area contributed by atoms with Crippen LogP contribution in [0.5, 0.6) is 5.75 Å². The highest BCUT2D eigenvalue weighted by atomic mass is 19.1. The number of hydrogen-bond donors (Lipinski definition) is 1. The van der Waals surface area contributed by atoms with Crippen molar-refractivity contribution in [1.29, 1.82) is 0 Å². The molecule has 1 N–H and O–H groups in total. The van der Waals surface area contributed by atoms with Crippen LogP contribution in [0.2, 0.25) is 0 Å². The number of non-ortho nitro benzene ring substituents is 1. The Morgan fingerprint density at radius 3 is 2.75 bits per heavy atom. The van der Waals surface area contributed by atoms with Crippen molar-refractivity contribution in [3.63, 3.8) is 0 Å². The van der Waals surface area contributed by atoms with Gasteiger partial charge in [-0.25, -0.2) is 4.39 Å². The van der Waals surface area contributed by atoms with Crippen molar-refractivity contribution >= 4 is 5.69 Å². The van der Waals surface area contributed by atoms with Crippen molar-refractivity contribution in [3.8, 4) is 5.75 Å². The number of nitrogens with zero attached hydrogens (tertiary/aromatic N) is 1. The van der Waals surface area contributed by atoms with Gasteiger partial charge in [-0.15, -0.1) is 0 Å². The molecule has 0 spiro atoms. The molecule has 6 heteroatoms. The second kappa shape index (κ2) is 6.12. The summed E-state index contributed by atoms with van der Waals surface area (Å²) >= 11 is 0. The highest BCUT2D eigenvalue weighted by molar-refractivity contribution is 5.36. The summed E-state index contributed by atoms with van der Waals surface area (Å²) in [5.41, 5.74) is 0.926. The van der Waals surface area contributed by atoms with Crippen LogP contribution >= 0.6 is 0 Å². The van der Waals surface area contributed by atoms with E-state index < -0.39 is 10.7 Å². The summed E-state index contributed by atoms with van der Waals surface area (Å²) in [5, 5.41) is 19.8. The van der Waals surface area contributed by atoms with Crippen LogP contribution in [0.3, 0.4) is 0 Å². The maximum Gasteiger partial charge on any atom is 0.269 e. The summed E-state index contributed by atoms with van der Waals surface area (Å²) < 4.78 is 18.5. The van der Waals surface area contributed by atoms with Crippen LogP contribution < -0.4 is 4.74 Å². The molecule has 0 aromatic heterocycles. The molecule has 2 aromatic carbocycles. The number of nitro groups is 1. The van der Waals surface area contributed by atoms with Crippen LogP contribution in [0.15, 0.2) is 42.5 Å². The molecule has 0 aliphatic rings. The molecule has 0 saturated carbocycles. The number of hydrogen-bond acceptors (Lipinski definition) is 4. The first-order valence-corrected chi connectivity index (χ1v) is 5.85. The Bertz CT molecular complexity index is 630. The van der Waals surface area contributed by atoms with Gasteiger partial charge in [-0.1, -0.05) is 12.1 Å². The van der Waals surface area contributed by atoms with Gasteiger partial charge in [0.15, 0.2) is 0 Å². The second-order valence-corrected chi connectivity index (χ2v) is 4.13. The molecule has 0 saturated heterocycles. The minimum absolute atomic E-state index is 0.0208. The predicted octanol–water partition coefficient (Wildman–Crippen LogP) is 2.81. The van der Waals surface area contributed by atoms with Gasteiger partial charge in [0.2, 0.25) is 0 Å². The van der Waals surface area contributed by atoms with Crippen LogP contribution in [0.1, 0.15) is 11.1 Å². The number of rotatable bonds is 5. The lowest BCUT2D eigenvalue weighted by atomic mass is 10.2. The third kappa shape index (κ3) is 3.30. The molecule has 5 nitrogen and oxygen atoms in total. The van der Waals surface area contributed by atoms with Crippen LogP contribution in [-0.2, 0) is 13.2 Å². The van der Waals surface area contributed by atoms with E-state index >= 15 is 0 Å². The van der Waals surface area contributed by atoms with E-state index in [1.54, 1.807) is 12.1 Å². The SMILES string of the molecule is O=[N+]([O-])c1cccc(COc2ccc(F)cc2CO)c1. The molecule has 0 atom stereocenters. The third-order valence-corrected chi connectivity index (χ3v) is 2.71. The van der Waals surface area contributed by atoms with Crippen molar-refractivity contribution in [2.45, 2.75) is 13.2 Å². The zero-order valence-electron chi connectivity index (χ0n) is 10.5. The van der Waals surface area contributed by atoms with E-state index in [4.69, 9.17) is 9.84 Å². The summed E-state index contributed by atoms with van der Waals surface area (Å²) in [6, 6.07) is 9.87. The van der Waals surface area contributed by atoms with Crippen LogP contribution in [0.25, 0.3) is 0 Å². The highest BCUT2D eigenvalue weighted by Gasteiger charge is 2.08. The lowest BCUT2D eigenvalue weighted by Crippen LogP contribution is -2.00. The number of halogens is 1. The topological polar surface area (TPSA) is 72.6 Å². The van der Waals surface area contributed by atoms with E-state index in [0.29, 0.717) is 16.9 Å². The minimum atomic E-state index is -0.486. The largest absolute Gasteiger partial charge is 0.489 e. The van der Waals surface area contributed by atoms with E-state index in [9.17, 15) is 14.5 Å². The normalized spacial score (nSPS) is 10.3. The fourth-order valence-corrected chi connectivity index (χ4v) is 1.73. The smallest absolute Gasteiger partial charge is 0.269 e. The molecule has 20 heavy (non-hydrogen) atoms. The molecule has 0 radical (unpaired) electrons. The molecule has 0 unspecified atom stereocenters. The average Bonchev–Trinajstić information content (AvgIpc) is 2.46. The number of benzene rings is 2. The van der Waals surface area contributed by atoms with Crippen molar-refractivity contribution in [3.05, 3.63) is 69.5 Å². The minimum Gasteiger partial charge on any atom is -0.489 e. The molecule has 2 aromatic rings. The first-order valence-electron chi connectivity index (χ1n) is 5.85. The predicted molar refractivity (Wildman–Crippen MR) is 69.8 cm³/mol. The second-order valence-electron chi connectivity index (χ2n) is 4.13. The van der Waals surface area contributed by atoms with Crippen LogP contribution in [0, 0.1) is 15.9 Å². The van der Waals surface area contributed by atoms with Gasteiger partial charge >= 0.3 is 0 Å². The molecule has 0 amide bonds. The Kier molecular flexibility index (Phi) is 4.27. The van der Waals surface area contributed by atoms with Crippen LogP contribution in [0.4, 0.5) is 10.1 Å². The van der Waals surface area contributed by atoms with Gasteiger partial charge in [-0.3, -0.25) is 10.1 Å². The Morgan fingerprint density at radius 2 is 2.05 bits per heavy atom. The summed E-state index contributed by atoms with van der Waals surface area (Å²) in [6.07, 6.45) is 0. The zero-order chi connectivity index (χ0) is 14.5. The van der Waals surface area contributed by atoms with Gasteiger partial charge in [0, 0.05) is 17.7 Å². The summed E-state index contributed by atoms with van der Waals surface area (Å²) in [5.74, 6) is -0.114. The van der Waals surface area contributed by atoms with Crippen molar-refractivity contribution in [2.75, 3.05) is 0 Å². The molecule has 0 aliphatic heterocycles. The number of aliphatic hydroxyl groups is 1. The van der Waals surface area contributed by atoms with Crippen molar-refractivity contribution < 1.29 is 19.2 Å². The summed E-state index contributed by atoms with van der Waals surface area (Å²) in [7, 11) is 0. The number of ether oxygens (including phenoxy) is 1. The van der Waals surface area contributed by atoms with Gasteiger partial charge in [-0.05, 0) is 23.8 Å². The van der Waals surface area contributed by atoms with Crippen LogP contribution in [-0.4, -0.2) is 10.0 Å². The fraction of sp³-hybridized carbons (Fsp3) is 0.143. The molecule has 104 valence electrons. The molecule has 2 rings (SSSR count). The molecular formula is C14H12FNO4. The highest BCUT2D eigenvalue weighted by Crippen LogP contribution is 2.22. The monoisotopic (exact) mass is 277 g/mol. The molecular weight excluding hydrogens is 265 g/mol. The van der Waals surface area contributed by atoms with Gasteiger partial charge < -0.3 is 9.84 Å². The fourth-order valence-electron chi connectivity index (χ4n) is 1.73. The lowest BCUT2D eigenvalue weighted by Gasteiger charge is -2.10. The molecule has 0 bridgehead atoms. The number of nitro benzene ring substituents is 1. The van der Waals surface area contributed by atoms with E-state index in [0.717, 1.165) is 0 Å². The molecule has 0 fully saturated rings. The summed E-state index contributed by atoms with van der Waals surface area (Å²) in [6.45, 7) is -0.248. The molecule has 0 heterocycles. The van der Waals surface area contributed by atoms with Crippen molar-refractivity contribution in [1.82, 2.24) is 0 Å². The maximum atomic E-state index is 13.0. The van der Waals surface area contributed by atoms with Gasteiger partial charge in [-0.2, -0.15) is 0 Å². The lowest BCUT2D eigenvalue weighted by molar-refractivity contribution is -0.384. The first kappa shape index (κ1) is 14.0. The maximum absolute atomic E-state index is 13.0. The molecule has 0 aliphatic carbocycles. The average molecular weight is 277 g/mol. The Morgan fingerprint density at radius 1 is 1.25 bits per heavy atom. The van der Waals surface area contributed by atoms with E-state index in [-0.39, 0.29) is 18.9 Å². The number of aliphatic hydroxyl groups excluding tert-OH is 1. The standard InChI is InChI=1S/C14H12FNO4/c15-12-4-5-14(11(7-12)8-17)20-9-10-2-1-3-13(6-10)16(18)19/h1-7,17H,8-9H2. The van der Waals surface area contributed by atoms with E-state index in [1.165, 1.54) is 30.3 Å². The Balaban J connectivity index is 2.12. The third-order valence-electron chi connectivity index (χ3n) is 2.71. The first-order chi connectivity index (χ1) is 9.60. The van der Waals surface area contributed by atoms with Gasteiger partial charge in [0.05, 0.1) is 11.5 Å². The Labute approximate surface area is 114 Å². The summed E-state index contributed by atoms with van der Waals surface area (Å²) in [4.78, 5) is 10.2. The van der Waals surface area contributed by atoms with Crippen molar-refractivity contribution in [2.24, 2.45) is 0 Å².